The second-order valence-corrected chi connectivity index (χ2v) is 4.85. The molecule has 78 valence electrons. The van der Waals surface area contributed by atoms with Crippen LogP contribution in [0.5, 0.6) is 0 Å². The quantitative estimate of drug-likeness (QED) is 0.831. The van der Waals surface area contributed by atoms with E-state index in [1.54, 1.807) is 10.7 Å². The number of alkyl halides is 1. The molecule has 0 aliphatic heterocycles. The van der Waals surface area contributed by atoms with Crippen LogP contribution in [0.1, 0.15) is 23.1 Å². The normalized spacial score (nSPS) is 12.6. The molecule has 0 saturated heterocycles. The van der Waals surface area contributed by atoms with Gasteiger partial charge in [-0.3, -0.25) is 9.48 Å². The highest BCUT2D eigenvalue weighted by atomic mass is 79.9. The number of carbonyl (C=O) groups is 1. The highest BCUT2D eigenvalue weighted by Crippen LogP contribution is 2.01. The molecule has 1 aromatic rings. The second kappa shape index (κ2) is 4.59. The van der Waals surface area contributed by atoms with Crippen LogP contribution in [0.25, 0.3) is 0 Å². The van der Waals surface area contributed by atoms with Crippen LogP contribution in [0.15, 0.2) is 6.07 Å². The molecular weight excluding hydrogens is 246 g/mol. The number of aryl methyl sites for hydroxylation is 2. The van der Waals surface area contributed by atoms with Gasteiger partial charge >= 0.3 is 0 Å². The summed E-state index contributed by atoms with van der Waals surface area (Å²) >= 11 is 3.35. The molecule has 1 heterocycles. The van der Waals surface area contributed by atoms with E-state index in [0.29, 0.717) is 12.2 Å². The Bertz CT molecular complexity index is 313. The maximum absolute atomic E-state index is 11.5. The third kappa shape index (κ3) is 2.83. The van der Waals surface area contributed by atoms with E-state index in [1.165, 1.54) is 0 Å². The summed E-state index contributed by atoms with van der Waals surface area (Å²) in [6.45, 7) is 4.50. The van der Waals surface area contributed by atoms with Gasteiger partial charge in [-0.2, -0.15) is 5.10 Å². The number of nitrogens with zero attached hydrogens (tertiary/aromatic N) is 2. The molecule has 1 N–H and O–H groups in total. The summed E-state index contributed by atoms with van der Waals surface area (Å²) in [6, 6.07) is 1.77. The number of carbonyl (C=O) groups excluding carboxylic acids is 1. The number of amides is 1. The van der Waals surface area contributed by atoms with Crippen LogP contribution >= 0.6 is 15.9 Å². The summed E-state index contributed by atoms with van der Waals surface area (Å²) < 4.78 is 1.69. The van der Waals surface area contributed by atoms with E-state index in [0.717, 1.165) is 5.69 Å². The van der Waals surface area contributed by atoms with Crippen LogP contribution in [0.4, 0.5) is 0 Å². The Balaban J connectivity index is 2.61. The molecule has 1 atom stereocenters. The molecule has 0 fully saturated rings. The number of halogens is 1. The van der Waals surface area contributed by atoms with E-state index in [1.807, 2.05) is 20.9 Å². The third-order valence-corrected chi connectivity index (χ3v) is 2.21. The first-order chi connectivity index (χ1) is 6.50. The smallest absolute Gasteiger partial charge is 0.271 e. The van der Waals surface area contributed by atoms with E-state index in [4.69, 9.17) is 0 Å². The second-order valence-electron chi connectivity index (χ2n) is 3.29. The predicted octanol–water partition coefficient (Wildman–Crippen LogP) is 1.24. The van der Waals surface area contributed by atoms with Gasteiger partial charge in [0.05, 0.1) is 0 Å². The average Bonchev–Trinajstić information content (AvgIpc) is 2.43. The third-order valence-electron chi connectivity index (χ3n) is 1.89. The minimum Gasteiger partial charge on any atom is -0.350 e. The Kier molecular flexibility index (Phi) is 3.69. The summed E-state index contributed by atoms with van der Waals surface area (Å²) in [5.41, 5.74) is 1.44. The number of hydrogen-bond donors (Lipinski definition) is 1. The Morgan fingerprint density at radius 3 is 2.86 bits per heavy atom. The lowest BCUT2D eigenvalue weighted by atomic mass is 10.3. The summed E-state index contributed by atoms with van der Waals surface area (Å²) in [6.07, 6.45) is 0. The molecular formula is C9H14BrN3O. The fourth-order valence-corrected chi connectivity index (χ4v) is 1.16. The van der Waals surface area contributed by atoms with Crippen molar-refractivity contribution in [2.45, 2.75) is 18.7 Å². The maximum atomic E-state index is 11.5. The van der Waals surface area contributed by atoms with Gasteiger partial charge in [-0.15, -0.1) is 0 Å². The van der Waals surface area contributed by atoms with E-state index < -0.39 is 0 Å². The highest BCUT2D eigenvalue weighted by Gasteiger charge is 2.10. The minimum atomic E-state index is -0.125. The monoisotopic (exact) mass is 259 g/mol. The largest absolute Gasteiger partial charge is 0.350 e. The predicted molar refractivity (Wildman–Crippen MR) is 58.7 cm³/mol. The van der Waals surface area contributed by atoms with Crippen molar-refractivity contribution in [2.24, 2.45) is 7.05 Å². The van der Waals surface area contributed by atoms with Crippen molar-refractivity contribution in [1.29, 1.82) is 0 Å². The zero-order valence-electron chi connectivity index (χ0n) is 8.54. The fraction of sp³-hybridized carbons (Fsp3) is 0.556. The fourth-order valence-electron chi connectivity index (χ4n) is 0.995. The van der Waals surface area contributed by atoms with Crippen molar-refractivity contribution in [1.82, 2.24) is 15.1 Å². The molecule has 4 nitrogen and oxygen atoms in total. The van der Waals surface area contributed by atoms with Crippen LogP contribution in [0.2, 0.25) is 0 Å². The lowest BCUT2D eigenvalue weighted by Gasteiger charge is -2.03. The van der Waals surface area contributed by atoms with Gasteiger partial charge in [-0.25, -0.2) is 0 Å². The summed E-state index contributed by atoms with van der Waals surface area (Å²) in [5, 5.41) is 6.85. The summed E-state index contributed by atoms with van der Waals surface area (Å²) in [4.78, 5) is 11.8. The molecule has 0 spiro atoms. The summed E-state index contributed by atoms with van der Waals surface area (Å²) in [5.74, 6) is -0.125. The SMILES string of the molecule is Cc1cc(C(=O)NCC(C)Br)nn1C. The van der Waals surface area contributed by atoms with Gasteiger partial charge in [0.1, 0.15) is 5.69 Å². The highest BCUT2D eigenvalue weighted by molar-refractivity contribution is 9.09. The molecule has 5 heteroatoms. The molecule has 14 heavy (non-hydrogen) atoms. The molecule has 0 radical (unpaired) electrons. The molecule has 1 rings (SSSR count). The van der Waals surface area contributed by atoms with Gasteiger partial charge < -0.3 is 5.32 Å². The standard InChI is InChI=1S/C9H14BrN3O/c1-6(10)5-11-9(14)8-4-7(2)13(3)12-8/h4,6H,5H2,1-3H3,(H,11,14). The van der Waals surface area contributed by atoms with Gasteiger partial charge in [-0.1, -0.05) is 22.9 Å². The van der Waals surface area contributed by atoms with E-state index in [2.05, 4.69) is 26.3 Å². The first-order valence-electron chi connectivity index (χ1n) is 4.43. The van der Waals surface area contributed by atoms with Gasteiger partial charge in [0.2, 0.25) is 0 Å². The van der Waals surface area contributed by atoms with E-state index >= 15 is 0 Å². The number of hydrogen-bond acceptors (Lipinski definition) is 2. The molecule has 0 aromatic carbocycles. The van der Waals surface area contributed by atoms with Crippen molar-refractivity contribution in [2.75, 3.05) is 6.54 Å². The summed E-state index contributed by atoms with van der Waals surface area (Å²) in [7, 11) is 1.82. The Labute approximate surface area is 91.8 Å². The molecule has 0 bridgehead atoms. The zero-order valence-corrected chi connectivity index (χ0v) is 10.1. The first kappa shape index (κ1) is 11.2. The van der Waals surface area contributed by atoms with Crippen LogP contribution in [-0.4, -0.2) is 27.1 Å². The average molecular weight is 260 g/mol. The van der Waals surface area contributed by atoms with Crippen molar-refractivity contribution in [3.8, 4) is 0 Å². The van der Waals surface area contributed by atoms with Crippen LogP contribution in [0.3, 0.4) is 0 Å². The lowest BCUT2D eigenvalue weighted by molar-refractivity contribution is 0.0948. The van der Waals surface area contributed by atoms with Crippen molar-refractivity contribution < 1.29 is 4.79 Å². The van der Waals surface area contributed by atoms with E-state index in [9.17, 15) is 4.79 Å². The van der Waals surface area contributed by atoms with Crippen LogP contribution in [0, 0.1) is 6.92 Å². The van der Waals surface area contributed by atoms with Gasteiger partial charge in [0.25, 0.3) is 5.91 Å². The molecule has 1 unspecified atom stereocenters. The first-order valence-corrected chi connectivity index (χ1v) is 5.35. The number of aromatic nitrogens is 2. The number of rotatable bonds is 3. The van der Waals surface area contributed by atoms with Crippen molar-refractivity contribution >= 4 is 21.8 Å². The van der Waals surface area contributed by atoms with Crippen LogP contribution < -0.4 is 5.32 Å². The van der Waals surface area contributed by atoms with Gasteiger partial charge in [0, 0.05) is 24.1 Å². The Hall–Kier alpha value is -0.840. The number of nitrogens with one attached hydrogen (secondary N) is 1. The minimum absolute atomic E-state index is 0.125. The maximum Gasteiger partial charge on any atom is 0.271 e. The molecule has 0 aliphatic carbocycles. The molecule has 0 aliphatic rings. The zero-order chi connectivity index (χ0) is 10.7. The Morgan fingerprint density at radius 2 is 2.43 bits per heavy atom. The Morgan fingerprint density at radius 1 is 1.79 bits per heavy atom. The molecule has 1 aromatic heterocycles. The molecule has 1 amide bonds. The van der Waals surface area contributed by atoms with E-state index in [-0.39, 0.29) is 10.7 Å². The van der Waals surface area contributed by atoms with Crippen LogP contribution in [-0.2, 0) is 7.05 Å². The lowest BCUT2D eigenvalue weighted by Crippen LogP contribution is -2.28. The van der Waals surface area contributed by atoms with Crippen molar-refractivity contribution in [3.05, 3.63) is 17.5 Å². The topological polar surface area (TPSA) is 46.9 Å². The van der Waals surface area contributed by atoms with Gasteiger partial charge in [-0.05, 0) is 13.0 Å². The molecule has 0 saturated carbocycles. The van der Waals surface area contributed by atoms with Crippen molar-refractivity contribution in [3.63, 3.8) is 0 Å². The van der Waals surface area contributed by atoms with Gasteiger partial charge in [0.15, 0.2) is 0 Å².